The van der Waals surface area contributed by atoms with Crippen molar-refractivity contribution in [3.05, 3.63) is 59.9 Å². The largest absolute Gasteiger partial charge is 0.311 e. The molecule has 0 N–H and O–H groups in total. The van der Waals surface area contributed by atoms with Crippen LogP contribution in [-0.2, 0) is 17.8 Å². The predicted octanol–water partition coefficient (Wildman–Crippen LogP) is 2.49. The van der Waals surface area contributed by atoms with Crippen molar-refractivity contribution in [2.45, 2.75) is 19.4 Å². The number of hydrogen-bond donors (Lipinski definition) is 0. The molecule has 0 atom stereocenters. The molecular formula is C18H21N3O. The van der Waals surface area contributed by atoms with Gasteiger partial charge in [-0.2, -0.15) is 0 Å². The average molecular weight is 295 g/mol. The van der Waals surface area contributed by atoms with Crippen molar-refractivity contribution >= 4 is 11.6 Å². The van der Waals surface area contributed by atoms with Crippen molar-refractivity contribution in [3.63, 3.8) is 0 Å². The number of anilines is 1. The van der Waals surface area contributed by atoms with Crippen LogP contribution in [0.3, 0.4) is 0 Å². The first-order chi connectivity index (χ1) is 10.7. The number of nitrogens with zero attached hydrogens (tertiary/aromatic N) is 3. The molecule has 1 amide bonds. The molecule has 0 saturated heterocycles. The molecule has 114 valence electrons. The van der Waals surface area contributed by atoms with E-state index in [1.54, 1.807) is 6.20 Å². The van der Waals surface area contributed by atoms with E-state index in [9.17, 15) is 4.79 Å². The van der Waals surface area contributed by atoms with Gasteiger partial charge in [-0.05, 0) is 43.7 Å². The van der Waals surface area contributed by atoms with Crippen LogP contribution in [0.25, 0.3) is 0 Å². The lowest BCUT2D eigenvalue weighted by Gasteiger charge is -2.30. The van der Waals surface area contributed by atoms with Gasteiger partial charge in [-0.15, -0.1) is 0 Å². The van der Waals surface area contributed by atoms with Crippen LogP contribution in [0.1, 0.15) is 17.7 Å². The second-order valence-electron chi connectivity index (χ2n) is 5.77. The van der Waals surface area contributed by atoms with Gasteiger partial charge in [0.15, 0.2) is 0 Å². The van der Waals surface area contributed by atoms with Crippen LogP contribution in [-0.4, -0.2) is 35.9 Å². The number of amides is 1. The van der Waals surface area contributed by atoms with Gasteiger partial charge in [-0.1, -0.05) is 24.3 Å². The minimum absolute atomic E-state index is 0.158. The van der Waals surface area contributed by atoms with Crippen LogP contribution in [0, 0.1) is 0 Å². The lowest BCUT2D eigenvalue weighted by Crippen LogP contribution is -2.41. The summed E-state index contributed by atoms with van der Waals surface area (Å²) in [6.07, 6.45) is 3.88. The standard InChI is InChI=1S/C18H21N3O/c1-20(13-16-9-4-5-11-19-16)14-18(22)21-12-6-8-15-7-2-3-10-17(15)21/h2-5,7,9-11H,6,8,12-14H2,1H3. The fourth-order valence-corrected chi connectivity index (χ4v) is 2.93. The highest BCUT2D eigenvalue weighted by Crippen LogP contribution is 2.26. The number of aryl methyl sites for hydroxylation is 1. The maximum atomic E-state index is 12.6. The molecule has 0 spiro atoms. The Hall–Kier alpha value is -2.20. The molecule has 0 radical (unpaired) electrons. The molecule has 22 heavy (non-hydrogen) atoms. The SMILES string of the molecule is CN(CC(=O)N1CCCc2ccccc21)Cc1ccccn1. The lowest BCUT2D eigenvalue weighted by molar-refractivity contribution is -0.119. The van der Waals surface area contributed by atoms with Gasteiger partial charge in [-0.3, -0.25) is 14.7 Å². The van der Waals surface area contributed by atoms with Gasteiger partial charge in [0, 0.05) is 25.0 Å². The Kier molecular flexibility index (Phi) is 4.49. The molecule has 0 bridgehead atoms. The van der Waals surface area contributed by atoms with Crippen molar-refractivity contribution in [1.29, 1.82) is 0 Å². The van der Waals surface area contributed by atoms with E-state index in [0.717, 1.165) is 30.8 Å². The Morgan fingerprint density at radius 2 is 2.05 bits per heavy atom. The van der Waals surface area contributed by atoms with Gasteiger partial charge in [0.25, 0.3) is 0 Å². The minimum Gasteiger partial charge on any atom is -0.311 e. The van der Waals surface area contributed by atoms with E-state index in [0.29, 0.717) is 13.1 Å². The summed E-state index contributed by atoms with van der Waals surface area (Å²) in [5, 5.41) is 0. The van der Waals surface area contributed by atoms with E-state index in [4.69, 9.17) is 0 Å². The zero-order chi connectivity index (χ0) is 15.4. The molecule has 2 heterocycles. The molecule has 1 aromatic heterocycles. The van der Waals surface area contributed by atoms with Crippen molar-refractivity contribution in [2.24, 2.45) is 0 Å². The number of likely N-dealkylation sites (N-methyl/N-ethyl adjacent to an activating group) is 1. The summed E-state index contributed by atoms with van der Waals surface area (Å²) in [5.41, 5.74) is 3.33. The van der Waals surface area contributed by atoms with E-state index in [-0.39, 0.29) is 5.91 Å². The highest BCUT2D eigenvalue weighted by atomic mass is 16.2. The Bertz CT molecular complexity index is 642. The third-order valence-electron chi connectivity index (χ3n) is 3.97. The van der Waals surface area contributed by atoms with Crippen LogP contribution in [0.5, 0.6) is 0 Å². The number of benzene rings is 1. The normalized spacial score (nSPS) is 14.0. The summed E-state index contributed by atoms with van der Waals surface area (Å²) in [7, 11) is 1.96. The summed E-state index contributed by atoms with van der Waals surface area (Å²) in [6.45, 7) is 1.90. The van der Waals surface area contributed by atoms with Gasteiger partial charge >= 0.3 is 0 Å². The zero-order valence-corrected chi connectivity index (χ0v) is 12.9. The number of aromatic nitrogens is 1. The van der Waals surface area contributed by atoms with Gasteiger partial charge in [-0.25, -0.2) is 0 Å². The molecule has 3 rings (SSSR count). The van der Waals surface area contributed by atoms with Crippen LogP contribution in [0.4, 0.5) is 5.69 Å². The van der Waals surface area contributed by atoms with Crippen LogP contribution in [0.2, 0.25) is 0 Å². The van der Waals surface area contributed by atoms with Crippen LogP contribution >= 0.6 is 0 Å². The molecule has 1 aromatic carbocycles. The summed E-state index contributed by atoms with van der Waals surface area (Å²) >= 11 is 0. The summed E-state index contributed by atoms with van der Waals surface area (Å²) in [6, 6.07) is 14.1. The minimum atomic E-state index is 0.158. The Morgan fingerprint density at radius 1 is 1.23 bits per heavy atom. The van der Waals surface area contributed by atoms with Crippen LogP contribution < -0.4 is 4.90 Å². The molecule has 4 heteroatoms. The average Bonchev–Trinajstić information content (AvgIpc) is 2.55. The topological polar surface area (TPSA) is 36.4 Å². The smallest absolute Gasteiger partial charge is 0.241 e. The Labute approximate surface area is 131 Å². The first-order valence-electron chi connectivity index (χ1n) is 7.71. The quantitative estimate of drug-likeness (QED) is 0.869. The van der Waals surface area contributed by atoms with Crippen molar-refractivity contribution in [2.75, 3.05) is 25.0 Å². The molecule has 1 aliphatic heterocycles. The zero-order valence-electron chi connectivity index (χ0n) is 12.9. The predicted molar refractivity (Wildman–Crippen MR) is 87.7 cm³/mol. The number of rotatable bonds is 4. The van der Waals surface area contributed by atoms with Gasteiger partial charge in [0.1, 0.15) is 0 Å². The third-order valence-corrected chi connectivity index (χ3v) is 3.97. The van der Waals surface area contributed by atoms with Gasteiger partial charge < -0.3 is 4.90 Å². The fourth-order valence-electron chi connectivity index (χ4n) is 2.93. The number of para-hydroxylation sites is 1. The molecular weight excluding hydrogens is 274 g/mol. The molecule has 0 aliphatic carbocycles. The first-order valence-corrected chi connectivity index (χ1v) is 7.71. The van der Waals surface area contributed by atoms with Crippen molar-refractivity contribution in [3.8, 4) is 0 Å². The fraction of sp³-hybridized carbons (Fsp3) is 0.333. The van der Waals surface area contributed by atoms with E-state index in [2.05, 4.69) is 11.1 Å². The maximum Gasteiger partial charge on any atom is 0.241 e. The molecule has 0 fully saturated rings. The third kappa shape index (κ3) is 3.34. The maximum absolute atomic E-state index is 12.6. The molecule has 0 unspecified atom stereocenters. The van der Waals surface area contributed by atoms with Crippen molar-refractivity contribution < 1.29 is 4.79 Å². The molecule has 2 aromatic rings. The highest BCUT2D eigenvalue weighted by Gasteiger charge is 2.22. The Morgan fingerprint density at radius 3 is 2.86 bits per heavy atom. The second-order valence-corrected chi connectivity index (χ2v) is 5.77. The van der Waals surface area contributed by atoms with E-state index < -0.39 is 0 Å². The molecule has 0 saturated carbocycles. The van der Waals surface area contributed by atoms with E-state index >= 15 is 0 Å². The summed E-state index contributed by atoms with van der Waals surface area (Å²) in [5.74, 6) is 0.158. The summed E-state index contributed by atoms with van der Waals surface area (Å²) < 4.78 is 0. The molecule has 1 aliphatic rings. The highest BCUT2D eigenvalue weighted by molar-refractivity contribution is 5.95. The van der Waals surface area contributed by atoms with Crippen molar-refractivity contribution in [1.82, 2.24) is 9.88 Å². The number of hydrogen-bond acceptors (Lipinski definition) is 3. The van der Waals surface area contributed by atoms with Gasteiger partial charge in [0.05, 0.1) is 12.2 Å². The van der Waals surface area contributed by atoms with Crippen LogP contribution in [0.15, 0.2) is 48.7 Å². The summed E-state index contributed by atoms with van der Waals surface area (Å²) in [4.78, 5) is 20.9. The number of fused-ring (bicyclic) bond motifs is 1. The Balaban J connectivity index is 1.65. The van der Waals surface area contributed by atoms with Gasteiger partial charge in [0.2, 0.25) is 5.91 Å². The number of pyridine rings is 1. The molecule has 4 nitrogen and oxygen atoms in total. The monoisotopic (exact) mass is 295 g/mol. The second kappa shape index (κ2) is 6.71. The van der Waals surface area contributed by atoms with E-state index in [1.165, 1.54) is 5.56 Å². The number of carbonyl (C=O) groups is 1. The lowest BCUT2D eigenvalue weighted by atomic mass is 10.0. The van der Waals surface area contributed by atoms with E-state index in [1.807, 2.05) is 53.2 Å². The number of carbonyl (C=O) groups excluding carboxylic acids is 1. The first kappa shape index (κ1) is 14.7.